The van der Waals surface area contributed by atoms with Gasteiger partial charge in [-0.3, -0.25) is 9.59 Å². The van der Waals surface area contributed by atoms with Crippen molar-refractivity contribution in [1.82, 2.24) is 10.6 Å². The molecule has 7 heteroatoms. The number of carbonyl (C=O) groups is 3. The summed E-state index contributed by atoms with van der Waals surface area (Å²) in [5.41, 5.74) is 6.95. The van der Waals surface area contributed by atoms with Crippen molar-refractivity contribution in [1.29, 1.82) is 0 Å². The molecule has 0 heterocycles. The molecule has 0 saturated heterocycles. The number of nitrogens with one attached hydrogen (secondary N) is 2. The first kappa shape index (κ1) is 28.1. The molecule has 2 N–H and O–H groups in total. The lowest BCUT2D eigenvalue weighted by molar-refractivity contribution is -0.154. The van der Waals surface area contributed by atoms with Crippen molar-refractivity contribution in [3.05, 3.63) is 107 Å². The van der Waals surface area contributed by atoms with Crippen LogP contribution in [0, 0.1) is 5.41 Å². The number of hydrogen-bond donors (Lipinski definition) is 2. The third kappa shape index (κ3) is 5.62. The maximum Gasteiger partial charge on any atom is 0.407 e. The number of benzene rings is 3. The Morgan fingerprint density at radius 2 is 1.44 bits per heavy atom. The van der Waals surface area contributed by atoms with Crippen molar-refractivity contribution >= 4 is 18.0 Å². The van der Waals surface area contributed by atoms with E-state index in [4.69, 9.17) is 9.47 Å². The van der Waals surface area contributed by atoms with Crippen molar-refractivity contribution in [2.24, 2.45) is 5.41 Å². The first-order valence-electron chi connectivity index (χ1n) is 14.0. The number of carbonyl (C=O) groups excluding carboxylic acids is 3. The second-order valence-corrected chi connectivity index (χ2v) is 11.0. The maximum atomic E-state index is 13.3. The molecular weight excluding hydrogens is 516 g/mol. The third-order valence-corrected chi connectivity index (χ3v) is 8.62. The second-order valence-electron chi connectivity index (χ2n) is 11.0. The van der Waals surface area contributed by atoms with Gasteiger partial charge in [-0.25, -0.2) is 4.79 Å². The Labute approximate surface area is 240 Å². The van der Waals surface area contributed by atoms with Crippen molar-refractivity contribution in [3.8, 4) is 11.1 Å². The molecular formula is C34H36N2O5. The van der Waals surface area contributed by atoms with Gasteiger partial charge >= 0.3 is 12.1 Å². The van der Waals surface area contributed by atoms with E-state index >= 15 is 0 Å². The van der Waals surface area contributed by atoms with Gasteiger partial charge in [0.25, 0.3) is 0 Å². The Bertz CT molecular complexity index is 1440. The quantitative estimate of drug-likeness (QED) is 0.276. The largest absolute Gasteiger partial charge is 0.469 e. The van der Waals surface area contributed by atoms with Crippen LogP contribution in [0.25, 0.3) is 11.1 Å². The fourth-order valence-corrected chi connectivity index (χ4v) is 6.34. The van der Waals surface area contributed by atoms with Crippen LogP contribution in [0.3, 0.4) is 0 Å². The molecule has 0 aliphatic heterocycles. The predicted octanol–water partition coefficient (Wildman–Crippen LogP) is 5.71. The van der Waals surface area contributed by atoms with Gasteiger partial charge in [-0.15, -0.1) is 0 Å². The summed E-state index contributed by atoms with van der Waals surface area (Å²) in [7, 11) is 1.38. The van der Waals surface area contributed by atoms with Crippen molar-refractivity contribution in [3.63, 3.8) is 0 Å². The molecule has 212 valence electrons. The van der Waals surface area contributed by atoms with E-state index in [0.717, 1.165) is 33.4 Å². The summed E-state index contributed by atoms with van der Waals surface area (Å²) in [6.07, 6.45) is 0.503. The van der Waals surface area contributed by atoms with E-state index in [0.29, 0.717) is 12.8 Å². The fourth-order valence-electron chi connectivity index (χ4n) is 6.34. The van der Waals surface area contributed by atoms with Crippen molar-refractivity contribution in [2.75, 3.05) is 26.8 Å². The topological polar surface area (TPSA) is 93.7 Å². The molecule has 2 aliphatic rings. The monoisotopic (exact) mass is 552 g/mol. The molecule has 2 atom stereocenters. The highest BCUT2D eigenvalue weighted by Crippen LogP contribution is 2.50. The summed E-state index contributed by atoms with van der Waals surface area (Å²) in [6.45, 7) is 4.10. The number of fused-ring (bicyclic) bond motifs is 3. The van der Waals surface area contributed by atoms with Crippen molar-refractivity contribution < 1.29 is 23.9 Å². The van der Waals surface area contributed by atoms with E-state index in [-0.39, 0.29) is 37.5 Å². The number of esters is 1. The molecule has 41 heavy (non-hydrogen) atoms. The molecule has 5 rings (SSSR count). The lowest BCUT2D eigenvalue weighted by Gasteiger charge is -2.43. The zero-order valence-corrected chi connectivity index (χ0v) is 23.7. The average molecular weight is 553 g/mol. The molecule has 3 aromatic carbocycles. The molecule has 2 aliphatic carbocycles. The summed E-state index contributed by atoms with van der Waals surface area (Å²) in [4.78, 5) is 38.8. The minimum Gasteiger partial charge on any atom is -0.469 e. The number of alkyl carbamates (subject to hydrolysis) is 1. The summed E-state index contributed by atoms with van der Waals surface area (Å²) in [5, 5.41) is 5.45. The van der Waals surface area contributed by atoms with Gasteiger partial charge in [0.15, 0.2) is 0 Å². The summed E-state index contributed by atoms with van der Waals surface area (Å²) < 4.78 is 10.8. The lowest BCUT2D eigenvalue weighted by Crippen LogP contribution is -2.50. The predicted molar refractivity (Wildman–Crippen MR) is 157 cm³/mol. The lowest BCUT2D eigenvalue weighted by atomic mass is 9.62. The van der Waals surface area contributed by atoms with Crippen LogP contribution in [0.15, 0.2) is 90.0 Å². The van der Waals surface area contributed by atoms with E-state index in [1.807, 2.05) is 61.5 Å². The Morgan fingerprint density at radius 1 is 0.829 bits per heavy atom. The molecule has 0 saturated carbocycles. The van der Waals surface area contributed by atoms with Crippen LogP contribution in [0.2, 0.25) is 0 Å². The minimum absolute atomic E-state index is 0.0668. The van der Waals surface area contributed by atoms with E-state index in [1.165, 1.54) is 12.7 Å². The van der Waals surface area contributed by atoms with Gasteiger partial charge in [0.2, 0.25) is 5.91 Å². The summed E-state index contributed by atoms with van der Waals surface area (Å²) >= 11 is 0. The zero-order valence-electron chi connectivity index (χ0n) is 23.7. The first-order chi connectivity index (χ1) is 19.8. The van der Waals surface area contributed by atoms with Gasteiger partial charge in [-0.1, -0.05) is 90.0 Å². The van der Waals surface area contributed by atoms with Gasteiger partial charge in [0, 0.05) is 18.4 Å². The van der Waals surface area contributed by atoms with Crippen LogP contribution < -0.4 is 10.6 Å². The Kier molecular flexibility index (Phi) is 8.24. The number of rotatable bonds is 8. The van der Waals surface area contributed by atoms with E-state index in [1.54, 1.807) is 0 Å². The van der Waals surface area contributed by atoms with Crippen LogP contribution in [-0.4, -0.2) is 44.8 Å². The average Bonchev–Trinajstić information content (AvgIpc) is 3.33. The van der Waals surface area contributed by atoms with Crippen LogP contribution in [0.4, 0.5) is 4.79 Å². The standard InChI is InChI=1S/C34H36N2O5/c1-22-17-30(24-11-5-4-6-12-24)34(18-23(22)2,32(38)40-3)21-36-31(37)19-35-33(39)41-20-29-27-15-9-7-13-25(27)26-14-8-10-16-28(26)29/h4-16,29-30H,17-21H2,1-3H3,(H,35,39)(H,36,37)/t30-,34-/m0/s1. The van der Waals surface area contributed by atoms with Gasteiger partial charge in [0.1, 0.15) is 6.61 Å². The smallest absolute Gasteiger partial charge is 0.407 e. The van der Waals surface area contributed by atoms with E-state index < -0.39 is 17.4 Å². The maximum absolute atomic E-state index is 13.3. The molecule has 0 fully saturated rings. The van der Waals surface area contributed by atoms with E-state index in [2.05, 4.69) is 41.8 Å². The molecule has 0 unspecified atom stereocenters. The molecule has 0 aromatic heterocycles. The Morgan fingerprint density at radius 3 is 2.07 bits per heavy atom. The first-order valence-corrected chi connectivity index (χ1v) is 14.0. The van der Waals surface area contributed by atoms with Gasteiger partial charge in [-0.05, 0) is 54.5 Å². The fraction of sp³-hybridized carbons (Fsp3) is 0.324. The zero-order chi connectivity index (χ0) is 29.0. The van der Waals surface area contributed by atoms with Crippen LogP contribution in [0.1, 0.15) is 55.2 Å². The highest BCUT2D eigenvalue weighted by atomic mass is 16.5. The summed E-state index contributed by atoms with van der Waals surface area (Å²) in [6, 6.07) is 26.1. The molecule has 3 aromatic rings. The van der Waals surface area contributed by atoms with Crippen molar-refractivity contribution in [2.45, 2.75) is 38.5 Å². The van der Waals surface area contributed by atoms with Crippen LogP contribution >= 0.6 is 0 Å². The van der Waals surface area contributed by atoms with Crippen LogP contribution in [0.5, 0.6) is 0 Å². The normalized spacial score (nSPS) is 19.6. The molecule has 7 nitrogen and oxygen atoms in total. The van der Waals surface area contributed by atoms with Gasteiger partial charge in [0.05, 0.1) is 19.1 Å². The number of hydrogen-bond acceptors (Lipinski definition) is 5. The summed E-state index contributed by atoms with van der Waals surface area (Å²) in [5.74, 6) is -0.987. The van der Waals surface area contributed by atoms with Crippen LogP contribution in [-0.2, 0) is 19.1 Å². The Balaban J connectivity index is 1.21. The molecule has 0 radical (unpaired) electrons. The van der Waals surface area contributed by atoms with Gasteiger partial charge in [-0.2, -0.15) is 0 Å². The molecule has 2 amide bonds. The van der Waals surface area contributed by atoms with Gasteiger partial charge < -0.3 is 20.1 Å². The number of ether oxygens (including phenoxy) is 2. The highest BCUT2D eigenvalue weighted by Gasteiger charge is 2.50. The second kappa shape index (κ2) is 12.0. The SMILES string of the molecule is COC(=O)[C@]1(CNC(=O)CNC(=O)OCC2c3ccccc3-c3ccccc32)CC(C)=C(C)C[C@H]1c1ccccc1. The Hall–Kier alpha value is -4.39. The number of amides is 2. The number of methoxy groups -OCH3 is 1. The van der Waals surface area contributed by atoms with E-state index in [9.17, 15) is 14.4 Å². The molecule has 0 bridgehead atoms. The minimum atomic E-state index is -0.959. The molecule has 0 spiro atoms. The number of allylic oxidation sites excluding steroid dienone is 2. The third-order valence-electron chi connectivity index (χ3n) is 8.62. The highest BCUT2D eigenvalue weighted by molar-refractivity contribution is 5.84.